The highest BCUT2D eigenvalue weighted by Crippen LogP contribution is 2.29. The first-order valence-corrected chi connectivity index (χ1v) is 7.20. The number of likely N-dealkylation sites (N-methyl/N-ethyl adjacent to an activating group) is 1. The van der Waals surface area contributed by atoms with Gasteiger partial charge in [0, 0.05) is 18.6 Å². The van der Waals surface area contributed by atoms with Crippen molar-refractivity contribution in [2.24, 2.45) is 5.92 Å². The molecule has 0 fully saturated rings. The van der Waals surface area contributed by atoms with Crippen LogP contribution in [0, 0.1) is 5.92 Å². The lowest BCUT2D eigenvalue weighted by Gasteiger charge is -2.29. The van der Waals surface area contributed by atoms with E-state index in [1.165, 1.54) is 0 Å². The number of rotatable bonds is 6. The average Bonchev–Trinajstić information content (AvgIpc) is 2.37. The summed E-state index contributed by atoms with van der Waals surface area (Å²) in [4.78, 5) is 2.16. The van der Waals surface area contributed by atoms with Crippen molar-refractivity contribution in [1.82, 2.24) is 10.2 Å². The third kappa shape index (κ3) is 5.32. The largest absolute Gasteiger partial charge is 0.416 e. The second kappa shape index (κ2) is 7.27. The Labute approximate surface area is 125 Å². The number of nitrogens with one attached hydrogen (secondary N) is 1. The Bertz CT molecular complexity index is 416. The fraction of sp³-hybridized carbons (Fsp3) is 0.625. The van der Waals surface area contributed by atoms with E-state index in [9.17, 15) is 13.2 Å². The average molecular weight is 302 g/mol. The second-order valence-corrected chi connectivity index (χ2v) is 6.02. The van der Waals surface area contributed by atoms with Crippen molar-refractivity contribution in [3.8, 4) is 0 Å². The molecule has 120 valence electrons. The van der Waals surface area contributed by atoms with Crippen LogP contribution in [0.1, 0.15) is 37.9 Å². The molecule has 2 atom stereocenters. The van der Waals surface area contributed by atoms with E-state index in [0.717, 1.165) is 24.2 Å². The highest BCUT2D eigenvalue weighted by molar-refractivity contribution is 5.26. The van der Waals surface area contributed by atoms with E-state index in [1.807, 2.05) is 21.0 Å². The van der Waals surface area contributed by atoms with Gasteiger partial charge in [0.25, 0.3) is 0 Å². The molecule has 0 radical (unpaired) electrons. The lowest BCUT2D eigenvalue weighted by Crippen LogP contribution is -2.42. The SMILES string of the molecule is CC(NCC(C(C)C)N(C)C)c1ccc(C(F)(F)F)cc1. The Kier molecular flexibility index (Phi) is 6.23. The van der Waals surface area contributed by atoms with E-state index in [0.29, 0.717) is 12.0 Å². The highest BCUT2D eigenvalue weighted by Gasteiger charge is 2.30. The molecular weight excluding hydrogens is 277 g/mol. The van der Waals surface area contributed by atoms with Crippen LogP contribution in [0.5, 0.6) is 0 Å². The maximum atomic E-state index is 12.5. The Morgan fingerprint density at radius 1 is 1.05 bits per heavy atom. The molecule has 0 aliphatic heterocycles. The van der Waals surface area contributed by atoms with Gasteiger partial charge in [0.1, 0.15) is 0 Å². The standard InChI is InChI=1S/C16H25F3N2/c1-11(2)15(21(4)5)10-20-12(3)13-6-8-14(9-7-13)16(17,18)19/h6-9,11-12,15,20H,10H2,1-5H3. The number of alkyl halides is 3. The zero-order valence-corrected chi connectivity index (χ0v) is 13.3. The minimum absolute atomic E-state index is 0.0217. The molecule has 0 saturated heterocycles. The van der Waals surface area contributed by atoms with Crippen molar-refractivity contribution in [2.45, 2.75) is 39.0 Å². The van der Waals surface area contributed by atoms with E-state index in [-0.39, 0.29) is 6.04 Å². The van der Waals surface area contributed by atoms with Gasteiger partial charge in [-0.25, -0.2) is 0 Å². The summed E-state index contributed by atoms with van der Waals surface area (Å²) in [7, 11) is 4.07. The highest BCUT2D eigenvalue weighted by atomic mass is 19.4. The molecule has 0 bridgehead atoms. The molecule has 0 amide bonds. The van der Waals surface area contributed by atoms with E-state index < -0.39 is 11.7 Å². The summed E-state index contributed by atoms with van der Waals surface area (Å²) in [6.45, 7) is 7.09. The maximum Gasteiger partial charge on any atom is 0.416 e. The fourth-order valence-electron chi connectivity index (χ4n) is 2.39. The third-order valence-corrected chi connectivity index (χ3v) is 3.80. The van der Waals surface area contributed by atoms with Crippen molar-refractivity contribution in [3.63, 3.8) is 0 Å². The molecule has 0 aromatic heterocycles. The van der Waals surface area contributed by atoms with Gasteiger partial charge in [-0.15, -0.1) is 0 Å². The Hall–Kier alpha value is -1.07. The van der Waals surface area contributed by atoms with Gasteiger partial charge < -0.3 is 10.2 Å². The quantitative estimate of drug-likeness (QED) is 0.856. The Morgan fingerprint density at radius 2 is 1.57 bits per heavy atom. The zero-order valence-electron chi connectivity index (χ0n) is 13.3. The first-order chi connectivity index (χ1) is 9.62. The molecule has 1 N–H and O–H groups in total. The fourth-order valence-corrected chi connectivity index (χ4v) is 2.39. The molecule has 0 saturated carbocycles. The molecule has 2 nitrogen and oxygen atoms in total. The normalized spacial score (nSPS) is 15.5. The van der Waals surface area contributed by atoms with E-state index in [2.05, 4.69) is 24.1 Å². The van der Waals surface area contributed by atoms with Crippen LogP contribution in [-0.4, -0.2) is 31.6 Å². The molecule has 0 aliphatic rings. The monoisotopic (exact) mass is 302 g/mol. The van der Waals surface area contributed by atoms with Crippen molar-refractivity contribution in [2.75, 3.05) is 20.6 Å². The Morgan fingerprint density at radius 3 is 1.95 bits per heavy atom. The van der Waals surface area contributed by atoms with Gasteiger partial charge in [-0.1, -0.05) is 26.0 Å². The molecule has 1 aromatic carbocycles. The molecule has 1 rings (SSSR count). The predicted molar refractivity (Wildman–Crippen MR) is 80.2 cm³/mol. The van der Waals surface area contributed by atoms with Gasteiger partial charge in [-0.2, -0.15) is 13.2 Å². The number of nitrogens with zero attached hydrogens (tertiary/aromatic N) is 1. The minimum Gasteiger partial charge on any atom is -0.309 e. The van der Waals surface area contributed by atoms with E-state index >= 15 is 0 Å². The van der Waals surface area contributed by atoms with Crippen LogP contribution in [0.15, 0.2) is 24.3 Å². The summed E-state index contributed by atoms with van der Waals surface area (Å²) in [5.41, 5.74) is 0.260. The van der Waals surface area contributed by atoms with E-state index in [4.69, 9.17) is 0 Å². The van der Waals surface area contributed by atoms with Gasteiger partial charge in [0.2, 0.25) is 0 Å². The summed E-state index contributed by atoms with van der Waals surface area (Å²) < 4.78 is 37.6. The third-order valence-electron chi connectivity index (χ3n) is 3.80. The van der Waals surface area contributed by atoms with Crippen LogP contribution in [0.2, 0.25) is 0 Å². The second-order valence-electron chi connectivity index (χ2n) is 6.02. The smallest absolute Gasteiger partial charge is 0.309 e. The maximum absolute atomic E-state index is 12.5. The van der Waals surface area contributed by atoms with Crippen LogP contribution in [-0.2, 0) is 6.18 Å². The van der Waals surface area contributed by atoms with Crippen molar-refractivity contribution < 1.29 is 13.2 Å². The molecule has 5 heteroatoms. The molecule has 2 unspecified atom stereocenters. The molecule has 0 heterocycles. The first kappa shape index (κ1) is 18.0. The first-order valence-electron chi connectivity index (χ1n) is 7.20. The lowest BCUT2D eigenvalue weighted by molar-refractivity contribution is -0.137. The van der Waals surface area contributed by atoms with Gasteiger partial charge in [-0.3, -0.25) is 0 Å². The lowest BCUT2D eigenvalue weighted by atomic mass is 10.0. The summed E-state index contributed by atoms with van der Waals surface area (Å²) >= 11 is 0. The van der Waals surface area contributed by atoms with Crippen molar-refractivity contribution in [3.05, 3.63) is 35.4 Å². The summed E-state index contributed by atoms with van der Waals surface area (Å²) in [5.74, 6) is 0.507. The van der Waals surface area contributed by atoms with Gasteiger partial charge in [-0.05, 0) is 44.6 Å². The Balaban J connectivity index is 2.65. The topological polar surface area (TPSA) is 15.3 Å². The van der Waals surface area contributed by atoms with Crippen LogP contribution < -0.4 is 5.32 Å². The molecule has 21 heavy (non-hydrogen) atoms. The van der Waals surface area contributed by atoms with Crippen molar-refractivity contribution >= 4 is 0 Å². The zero-order chi connectivity index (χ0) is 16.2. The van der Waals surface area contributed by atoms with Crippen molar-refractivity contribution in [1.29, 1.82) is 0 Å². The number of benzene rings is 1. The summed E-state index contributed by atoms with van der Waals surface area (Å²) in [6.07, 6.45) is -4.27. The summed E-state index contributed by atoms with van der Waals surface area (Å²) in [5, 5.41) is 3.40. The predicted octanol–water partition coefficient (Wildman–Crippen LogP) is 3.94. The molecule has 0 aliphatic carbocycles. The van der Waals surface area contributed by atoms with Gasteiger partial charge in [0.05, 0.1) is 5.56 Å². The summed E-state index contributed by atoms with van der Waals surface area (Å²) in [6, 6.07) is 5.77. The van der Waals surface area contributed by atoms with Crippen LogP contribution in [0.4, 0.5) is 13.2 Å². The molecule has 1 aromatic rings. The minimum atomic E-state index is -4.27. The van der Waals surface area contributed by atoms with Crippen LogP contribution in [0.3, 0.4) is 0 Å². The van der Waals surface area contributed by atoms with Gasteiger partial charge in [0.15, 0.2) is 0 Å². The van der Waals surface area contributed by atoms with Gasteiger partial charge >= 0.3 is 6.18 Å². The van der Waals surface area contributed by atoms with E-state index in [1.54, 1.807) is 12.1 Å². The molecule has 0 spiro atoms. The number of halogens is 3. The van der Waals surface area contributed by atoms with Crippen LogP contribution in [0.25, 0.3) is 0 Å². The number of hydrogen-bond acceptors (Lipinski definition) is 2. The van der Waals surface area contributed by atoms with Crippen LogP contribution >= 0.6 is 0 Å². The number of hydrogen-bond donors (Lipinski definition) is 1. The molecular formula is C16H25F3N2.